The van der Waals surface area contributed by atoms with Gasteiger partial charge in [-0.1, -0.05) is 18.2 Å². The highest BCUT2D eigenvalue weighted by Crippen LogP contribution is 2.24. The Hall–Kier alpha value is -4.22. The second-order valence-electron chi connectivity index (χ2n) is 9.98. The molecule has 1 aromatic heterocycles. The van der Waals surface area contributed by atoms with Crippen molar-refractivity contribution in [1.29, 1.82) is 5.26 Å². The normalized spacial score (nSPS) is 14.1. The molecule has 2 N–H and O–H groups in total. The Morgan fingerprint density at radius 1 is 0.946 bits per heavy atom. The zero-order valence-corrected chi connectivity index (χ0v) is 21.7. The lowest BCUT2D eigenvalue weighted by molar-refractivity contribution is 0.101. The minimum Gasteiger partial charge on any atom is -0.368 e. The van der Waals surface area contributed by atoms with E-state index in [9.17, 15) is 14.9 Å². The lowest BCUT2D eigenvalue weighted by Gasteiger charge is -2.33. The van der Waals surface area contributed by atoms with Crippen LogP contribution in [0.4, 0.5) is 17.1 Å². The number of pyridine rings is 1. The number of rotatable bonds is 6. The Morgan fingerprint density at radius 3 is 2.41 bits per heavy atom. The van der Waals surface area contributed by atoms with E-state index in [0.29, 0.717) is 22.5 Å². The lowest BCUT2D eigenvalue weighted by Crippen LogP contribution is -2.44. The summed E-state index contributed by atoms with van der Waals surface area (Å²) in [6.07, 6.45) is 3.45. The zero-order valence-electron chi connectivity index (χ0n) is 21.7. The van der Waals surface area contributed by atoms with Crippen molar-refractivity contribution in [3.05, 3.63) is 83.2 Å². The first kappa shape index (κ1) is 25.9. The molecule has 0 unspecified atom stereocenters. The van der Waals surface area contributed by atoms with Crippen molar-refractivity contribution in [2.75, 3.05) is 48.8 Å². The Morgan fingerprint density at radius 2 is 1.68 bits per heavy atom. The van der Waals surface area contributed by atoms with E-state index in [-0.39, 0.29) is 11.8 Å². The van der Waals surface area contributed by atoms with Crippen molar-refractivity contribution in [3.8, 4) is 6.07 Å². The fraction of sp³-hybridized carbons (Fsp3) is 0.310. The van der Waals surface area contributed by atoms with Gasteiger partial charge in [0.1, 0.15) is 0 Å². The van der Waals surface area contributed by atoms with Crippen LogP contribution in [-0.2, 0) is 5.41 Å². The van der Waals surface area contributed by atoms with Crippen molar-refractivity contribution in [2.45, 2.75) is 26.2 Å². The van der Waals surface area contributed by atoms with E-state index in [1.807, 2.05) is 39.1 Å². The summed E-state index contributed by atoms with van der Waals surface area (Å²) in [6, 6.07) is 16.5. The highest BCUT2D eigenvalue weighted by atomic mass is 16.2. The summed E-state index contributed by atoms with van der Waals surface area (Å²) in [5.74, 6) is -0.585. The minimum atomic E-state index is -0.706. The van der Waals surface area contributed by atoms with Gasteiger partial charge in [-0.25, -0.2) is 0 Å². The maximum absolute atomic E-state index is 13.2. The molecular formula is C29H32N6O2. The number of carbonyl (C=O) groups excluding carboxylic acids is 2. The second-order valence-corrected chi connectivity index (χ2v) is 9.98. The molecule has 1 fully saturated rings. The molecule has 0 atom stereocenters. The number of benzene rings is 2. The molecule has 2 aromatic carbocycles. The Balaban J connectivity index is 1.48. The first-order valence-corrected chi connectivity index (χ1v) is 12.3. The molecule has 2 amide bonds. The van der Waals surface area contributed by atoms with Crippen LogP contribution in [0.2, 0.25) is 0 Å². The predicted molar refractivity (Wildman–Crippen MR) is 146 cm³/mol. The molecule has 190 valence electrons. The standard InChI is InChI=1S/C29H32N6O2/c1-20-8-9-23(32-27(36)21-6-5-7-22(14-21)29(2,3)19-30)16-26(20)28(37)33-24-15-25(18-31-17-24)35-12-10-34(4)11-13-35/h5-9,14-18H,10-13H2,1-4H3,(H,32,36)(H,33,37). The maximum atomic E-state index is 13.2. The maximum Gasteiger partial charge on any atom is 0.256 e. The highest BCUT2D eigenvalue weighted by molar-refractivity contribution is 6.08. The second kappa shape index (κ2) is 10.8. The minimum absolute atomic E-state index is 0.274. The summed E-state index contributed by atoms with van der Waals surface area (Å²) in [5, 5.41) is 15.2. The largest absolute Gasteiger partial charge is 0.368 e. The average Bonchev–Trinajstić information content (AvgIpc) is 2.90. The van der Waals surface area contributed by atoms with Crippen LogP contribution in [-0.4, -0.2) is 54.9 Å². The van der Waals surface area contributed by atoms with Crippen LogP contribution in [0.5, 0.6) is 0 Å². The van der Waals surface area contributed by atoms with Crippen LogP contribution in [0.1, 0.15) is 45.7 Å². The molecule has 3 aromatic rings. The number of hydrogen-bond donors (Lipinski definition) is 2. The summed E-state index contributed by atoms with van der Waals surface area (Å²) in [4.78, 5) is 35.0. The molecule has 0 radical (unpaired) electrons. The summed E-state index contributed by atoms with van der Waals surface area (Å²) in [6.45, 7) is 9.26. The third-order valence-electron chi connectivity index (χ3n) is 6.72. The quantitative estimate of drug-likeness (QED) is 0.523. The number of likely N-dealkylation sites (N-methyl/N-ethyl adjacent to an activating group) is 1. The molecule has 1 saturated heterocycles. The number of nitrogens with zero attached hydrogens (tertiary/aromatic N) is 4. The average molecular weight is 497 g/mol. The van der Waals surface area contributed by atoms with E-state index < -0.39 is 5.41 Å². The first-order valence-electron chi connectivity index (χ1n) is 12.3. The number of aromatic nitrogens is 1. The van der Waals surface area contributed by atoms with Crippen LogP contribution >= 0.6 is 0 Å². The van der Waals surface area contributed by atoms with E-state index in [4.69, 9.17) is 0 Å². The third kappa shape index (κ3) is 6.13. The monoisotopic (exact) mass is 496 g/mol. The van der Waals surface area contributed by atoms with Crippen LogP contribution in [0.25, 0.3) is 0 Å². The number of carbonyl (C=O) groups is 2. The summed E-state index contributed by atoms with van der Waals surface area (Å²) in [7, 11) is 2.11. The molecule has 1 aliphatic heterocycles. The van der Waals surface area contributed by atoms with Crippen molar-refractivity contribution in [2.24, 2.45) is 0 Å². The molecule has 4 rings (SSSR count). The summed E-state index contributed by atoms with van der Waals surface area (Å²) in [5.41, 5.74) is 3.85. The molecule has 37 heavy (non-hydrogen) atoms. The highest BCUT2D eigenvalue weighted by Gasteiger charge is 2.21. The number of amides is 2. The molecule has 0 bridgehead atoms. The van der Waals surface area contributed by atoms with Crippen LogP contribution in [0.15, 0.2) is 60.9 Å². The van der Waals surface area contributed by atoms with E-state index in [0.717, 1.165) is 43.0 Å². The summed E-state index contributed by atoms with van der Waals surface area (Å²) >= 11 is 0. The molecule has 8 nitrogen and oxygen atoms in total. The smallest absolute Gasteiger partial charge is 0.256 e. The van der Waals surface area contributed by atoms with E-state index in [1.54, 1.807) is 42.6 Å². The van der Waals surface area contributed by atoms with Crippen molar-refractivity contribution in [3.63, 3.8) is 0 Å². The van der Waals surface area contributed by atoms with Gasteiger partial charge in [0.15, 0.2) is 0 Å². The number of nitriles is 1. The fourth-order valence-corrected chi connectivity index (χ4v) is 4.19. The van der Waals surface area contributed by atoms with Crippen molar-refractivity contribution < 1.29 is 9.59 Å². The van der Waals surface area contributed by atoms with Crippen LogP contribution < -0.4 is 15.5 Å². The van der Waals surface area contributed by atoms with Gasteiger partial charge in [-0.2, -0.15) is 5.26 Å². The number of anilines is 3. The Bertz CT molecular complexity index is 1350. The van der Waals surface area contributed by atoms with Gasteiger partial charge in [0.2, 0.25) is 0 Å². The van der Waals surface area contributed by atoms with Crippen molar-refractivity contribution in [1.82, 2.24) is 9.88 Å². The van der Waals surface area contributed by atoms with Crippen molar-refractivity contribution >= 4 is 28.9 Å². The van der Waals surface area contributed by atoms with Gasteiger partial charge in [-0.05, 0) is 69.3 Å². The molecule has 8 heteroatoms. The molecule has 2 heterocycles. The van der Waals surface area contributed by atoms with Gasteiger partial charge in [0, 0.05) is 43.0 Å². The molecule has 1 aliphatic rings. The Labute approximate surface area is 217 Å². The molecular weight excluding hydrogens is 464 g/mol. The lowest BCUT2D eigenvalue weighted by atomic mass is 9.85. The zero-order chi connectivity index (χ0) is 26.6. The number of nitrogens with one attached hydrogen (secondary N) is 2. The van der Waals surface area contributed by atoms with Gasteiger partial charge < -0.3 is 20.4 Å². The van der Waals surface area contributed by atoms with Gasteiger partial charge in [-0.15, -0.1) is 0 Å². The van der Waals surface area contributed by atoms with Crippen LogP contribution in [0, 0.1) is 18.3 Å². The molecule has 0 aliphatic carbocycles. The van der Waals surface area contributed by atoms with E-state index in [2.05, 4.69) is 38.5 Å². The SMILES string of the molecule is Cc1ccc(NC(=O)c2cccc(C(C)(C)C#N)c2)cc1C(=O)Nc1cncc(N2CCN(C)CC2)c1. The number of piperazine rings is 1. The summed E-state index contributed by atoms with van der Waals surface area (Å²) < 4.78 is 0. The predicted octanol–water partition coefficient (Wildman–Crippen LogP) is 4.45. The van der Waals surface area contributed by atoms with Gasteiger partial charge >= 0.3 is 0 Å². The van der Waals surface area contributed by atoms with Gasteiger partial charge in [0.05, 0.1) is 35.3 Å². The topological polar surface area (TPSA) is 101 Å². The number of hydrogen-bond acceptors (Lipinski definition) is 6. The van der Waals surface area contributed by atoms with Gasteiger partial charge in [-0.3, -0.25) is 14.6 Å². The number of aryl methyl sites for hydroxylation is 1. The Kier molecular flexibility index (Phi) is 7.55. The van der Waals surface area contributed by atoms with E-state index >= 15 is 0 Å². The first-order chi connectivity index (χ1) is 17.7. The fourth-order valence-electron chi connectivity index (χ4n) is 4.19. The third-order valence-corrected chi connectivity index (χ3v) is 6.72. The molecule has 0 spiro atoms. The molecule has 0 saturated carbocycles. The van der Waals surface area contributed by atoms with Crippen LogP contribution in [0.3, 0.4) is 0 Å². The van der Waals surface area contributed by atoms with Gasteiger partial charge in [0.25, 0.3) is 11.8 Å². The van der Waals surface area contributed by atoms with E-state index in [1.165, 1.54) is 0 Å².